The molecule has 2 aromatic heterocycles. The average Bonchev–Trinajstić information content (AvgIpc) is 3.32. The zero-order valence-electron chi connectivity index (χ0n) is 18.7. The lowest BCUT2D eigenvalue weighted by atomic mass is 9.95. The summed E-state index contributed by atoms with van der Waals surface area (Å²) in [6.45, 7) is 7.44. The number of fused-ring (bicyclic) bond motifs is 2. The number of ketones is 1. The molecule has 1 aliphatic rings. The standard InChI is InChI=1S/C26H22N2O4S/c1-13(2)16-9-11-17(12-10-16)21-20-22(30)18-7-5-6-8-19(18)32-23(20)25(31)28(21)26-27-14(3)24(33-26)15(4)29/h5-13,21H,1-4H3. The van der Waals surface area contributed by atoms with Gasteiger partial charge in [-0.1, -0.05) is 61.6 Å². The molecule has 33 heavy (non-hydrogen) atoms. The number of hydrogen-bond acceptors (Lipinski definition) is 6. The van der Waals surface area contributed by atoms with Gasteiger partial charge in [0.15, 0.2) is 16.3 Å². The van der Waals surface area contributed by atoms with Crippen molar-refractivity contribution in [1.82, 2.24) is 4.98 Å². The van der Waals surface area contributed by atoms with Gasteiger partial charge in [-0.25, -0.2) is 4.98 Å². The van der Waals surface area contributed by atoms with Gasteiger partial charge in [0.1, 0.15) is 5.58 Å². The number of aryl methyl sites for hydroxylation is 1. The fraction of sp³-hybridized carbons (Fsp3) is 0.231. The first-order chi connectivity index (χ1) is 15.8. The van der Waals surface area contributed by atoms with Crippen LogP contribution in [0.25, 0.3) is 11.0 Å². The Morgan fingerprint density at radius 1 is 1.09 bits per heavy atom. The molecule has 3 heterocycles. The molecule has 1 aliphatic heterocycles. The van der Waals surface area contributed by atoms with E-state index in [2.05, 4.69) is 18.8 Å². The summed E-state index contributed by atoms with van der Waals surface area (Å²) in [7, 11) is 0. The number of rotatable bonds is 4. The van der Waals surface area contributed by atoms with E-state index in [9.17, 15) is 14.4 Å². The molecule has 0 spiro atoms. The highest BCUT2D eigenvalue weighted by Crippen LogP contribution is 2.43. The Balaban J connectivity index is 1.77. The fourth-order valence-corrected chi connectivity index (χ4v) is 5.30. The number of carbonyl (C=O) groups excluding carboxylic acids is 2. The number of amides is 1. The molecule has 1 amide bonds. The van der Waals surface area contributed by atoms with Crippen LogP contribution in [0.4, 0.5) is 5.13 Å². The van der Waals surface area contributed by atoms with Gasteiger partial charge in [0.05, 0.1) is 27.6 Å². The monoisotopic (exact) mass is 458 g/mol. The second kappa shape index (κ2) is 7.78. The van der Waals surface area contributed by atoms with E-state index in [1.165, 1.54) is 11.8 Å². The summed E-state index contributed by atoms with van der Waals surface area (Å²) in [5.74, 6) is -0.178. The number of aromatic nitrogens is 1. The number of nitrogens with zero attached hydrogens (tertiary/aromatic N) is 2. The maximum Gasteiger partial charge on any atom is 0.297 e. The first-order valence-corrected chi connectivity index (χ1v) is 11.6. The molecule has 7 heteroatoms. The van der Waals surface area contributed by atoms with Gasteiger partial charge in [-0.15, -0.1) is 0 Å². The molecule has 0 saturated carbocycles. The molecular weight excluding hydrogens is 436 g/mol. The summed E-state index contributed by atoms with van der Waals surface area (Å²) >= 11 is 1.16. The van der Waals surface area contributed by atoms with Crippen molar-refractivity contribution in [2.24, 2.45) is 0 Å². The maximum absolute atomic E-state index is 13.6. The van der Waals surface area contributed by atoms with Crippen molar-refractivity contribution in [3.63, 3.8) is 0 Å². The Labute approximate surface area is 194 Å². The molecule has 166 valence electrons. The largest absolute Gasteiger partial charge is 0.450 e. The van der Waals surface area contributed by atoms with E-state index in [1.807, 2.05) is 24.3 Å². The van der Waals surface area contributed by atoms with Gasteiger partial charge in [-0.3, -0.25) is 19.3 Å². The van der Waals surface area contributed by atoms with Crippen LogP contribution < -0.4 is 10.3 Å². The lowest BCUT2D eigenvalue weighted by Crippen LogP contribution is -2.29. The van der Waals surface area contributed by atoms with Crippen LogP contribution in [-0.2, 0) is 0 Å². The number of thiazole rings is 1. The van der Waals surface area contributed by atoms with E-state index in [0.29, 0.717) is 38.2 Å². The van der Waals surface area contributed by atoms with Crippen molar-refractivity contribution in [3.8, 4) is 0 Å². The molecule has 1 unspecified atom stereocenters. The first kappa shape index (κ1) is 21.3. The van der Waals surface area contributed by atoms with E-state index in [0.717, 1.165) is 22.5 Å². The minimum absolute atomic E-state index is 0.0221. The van der Waals surface area contributed by atoms with Gasteiger partial charge in [0.25, 0.3) is 5.91 Å². The minimum atomic E-state index is -0.695. The Morgan fingerprint density at radius 3 is 2.42 bits per heavy atom. The molecular formula is C26H22N2O4S. The molecule has 4 aromatic rings. The predicted octanol–water partition coefficient (Wildman–Crippen LogP) is 5.63. The van der Waals surface area contributed by atoms with Gasteiger partial charge < -0.3 is 4.42 Å². The van der Waals surface area contributed by atoms with E-state index in [1.54, 1.807) is 31.2 Å². The van der Waals surface area contributed by atoms with Crippen LogP contribution in [0.15, 0.2) is 57.7 Å². The van der Waals surface area contributed by atoms with Crippen LogP contribution in [0.1, 0.15) is 75.3 Å². The van der Waals surface area contributed by atoms with Gasteiger partial charge >= 0.3 is 0 Å². The van der Waals surface area contributed by atoms with E-state index in [4.69, 9.17) is 4.42 Å². The van der Waals surface area contributed by atoms with Crippen LogP contribution in [0.5, 0.6) is 0 Å². The van der Waals surface area contributed by atoms with Gasteiger partial charge in [0.2, 0.25) is 5.76 Å². The Hall–Kier alpha value is -3.58. The molecule has 0 aliphatic carbocycles. The highest BCUT2D eigenvalue weighted by molar-refractivity contribution is 7.17. The second-order valence-electron chi connectivity index (χ2n) is 8.54. The number of carbonyl (C=O) groups is 2. The van der Waals surface area contributed by atoms with Gasteiger partial charge in [0, 0.05) is 6.92 Å². The second-order valence-corrected chi connectivity index (χ2v) is 9.51. The summed E-state index contributed by atoms with van der Waals surface area (Å²) in [5.41, 5.74) is 2.93. The quantitative estimate of drug-likeness (QED) is 0.370. The van der Waals surface area contributed by atoms with E-state index >= 15 is 0 Å². The third-order valence-corrected chi connectivity index (χ3v) is 7.27. The number of hydrogen-bond donors (Lipinski definition) is 0. The average molecular weight is 459 g/mol. The normalized spacial score (nSPS) is 15.5. The van der Waals surface area contributed by atoms with Crippen LogP contribution in [0, 0.1) is 6.92 Å². The molecule has 2 aromatic carbocycles. The van der Waals surface area contributed by atoms with Crippen molar-refractivity contribution < 1.29 is 14.0 Å². The Kier molecular flexibility index (Phi) is 5.01. The van der Waals surface area contributed by atoms with Crippen molar-refractivity contribution in [3.05, 3.63) is 91.8 Å². The smallest absolute Gasteiger partial charge is 0.297 e. The molecule has 0 radical (unpaired) electrons. The molecule has 5 rings (SSSR count). The highest BCUT2D eigenvalue weighted by Gasteiger charge is 2.45. The molecule has 6 nitrogen and oxygen atoms in total. The summed E-state index contributed by atoms with van der Waals surface area (Å²) < 4.78 is 5.97. The van der Waals surface area contributed by atoms with E-state index in [-0.39, 0.29) is 17.0 Å². The summed E-state index contributed by atoms with van der Waals surface area (Å²) in [4.78, 5) is 45.8. The van der Waals surface area contributed by atoms with E-state index < -0.39 is 11.9 Å². The topological polar surface area (TPSA) is 80.5 Å². The molecule has 1 atom stereocenters. The third kappa shape index (κ3) is 3.31. The Bertz CT molecular complexity index is 1480. The summed E-state index contributed by atoms with van der Waals surface area (Å²) in [6.07, 6.45) is 0. The van der Waals surface area contributed by atoms with Crippen LogP contribution >= 0.6 is 11.3 Å². The van der Waals surface area contributed by atoms with Crippen molar-refractivity contribution in [2.75, 3.05) is 4.90 Å². The minimum Gasteiger partial charge on any atom is -0.450 e. The third-order valence-electron chi connectivity index (χ3n) is 6.01. The Morgan fingerprint density at radius 2 is 1.79 bits per heavy atom. The van der Waals surface area contributed by atoms with Gasteiger partial charge in [-0.05, 0) is 36.1 Å². The summed E-state index contributed by atoms with van der Waals surface area (Å²) in [6, 6.07) is 14.1. The number of anilines is 1. The van der Waals surface area contributed by atoms with Crippen LogP contribution in [0.2, 0.25) is 0 Å². The first-order valence-electron chi connectivity index (χ1n) is 10.8. The molecule has 0 bridgehead atoms. The predicted molar refractivity (Wildman–Crippen MR) is 129 cm³/mol. The van der Waals surface area contributed by atoms with Crippen molar-refractivity contribution in [1.29, 1.82) is 0 Å². The van der Waals surface area contributed by atoms with Crippen LogP contribution in [0.3, 0.4) is 0 Å². The summed E-state index contributed by atoms with van der Waals surface area (Å²) in [5, 5.41) is 0.796. The zero-order valence-corrected chi connectivity index (χ0v) is 19.5. The number of benzene rings is 2. The van der Waals surface area contributed by atoms with Crippen molar-refractivity contribution >= 4 is 39.1 Å². The van der Waals surface area contributed by atoms with Crippen LogP contribution in [-0.4, -0.2) is 16.7 Å². The number of para-hydroxylation sites is 1. The zero-order chi connectivity index (χ0) is 23.4. The molecule has 0 saturated heterocycles. The van der Waals surface area contributed by atoms with Crippen molar-refractivity contribution in [2.45, 2.75) is 39.7 Å². The SMILES string of the molecule is CC(=O)c1sc(N2C(=O)c3oc4ccccc4c(=O)c3C2c2ccc(C(C)C)cc2)nc1C. The molecule has 0 fully saturated rings. The number of Topliss-reactive ketones (excluding diaryl/α,β-unsaturated/α-hetero) is 1. The molecule has 0 N–H and O–H groups in total. The maximum atomic E-state index is 13.6. The highest BCUT2D eigenvalue weighted by atomic mass is 32.1. The lowest BCUT2D eigenvalue weighted by molar-refractivity contribution is 0.0969. The van der Waals surface area contributed by atoms with Gasteiger partial charge in [-0.2, -0.15) is 0 Å². The lowest BCUT2D eigenvalue weighted by Gasteiger charge is -2.23. The fourth-order valence-electron chi connectivity index (χ4n) is 4.31.